The van der Waals surface area contributed by atoms with Crippen molar-refractivity contribution in [1.82, 2.24) is 4.90 Å². The van der Waals surface area contributed by atoms with Gasteiger partial charge in [0.15, 0.2) is 0 Å². The van der Waals surface area contributed by atoms with E-state index < -0.39 is 0 Å². The van der Waals surface area contributed by atoms with Crippen LogP contribution in [0.3, 0.4) is 0 Å². The van der Waals surface area contributed by atoms with E-state index in [1.807, 2.05) is 36.4 Å². The minimum Gasteiger partial charge on any atom is -0.378 e. The third-order valence-electron chi connectivity index (χ3n) is 5.31. The Kier molecular flexibility index (Phi) is 7.84. The quantitative estimate of drug-likeness (QED) is 0.692. The lowest BCUT2D eigenvalue weighted by Crippen LogP contribution is -2.36. The number of benzene rings is 2. The van der Waals surface area contributed by atoms with Gasteiger partial charge in [0.25, 0.3) is 0 Å². The van der Waals surface area contributed by atoms with Crippen LogP contribution in [0.15, 0.2) is 54.6 Å². The zero-order valence-corrected chi connectivity index (χ0v) is 18.5. The molecule has 1 aliphatic rings. The van der Waals surface area contributed by atoms with Gasteiger partial charge in [-0.3, -0.25) is 9.59 Å². The molecule has 1 N–H and O–H groups in total. The van der Waals surface area contributed by atoms with Crippen molar-refractivity contribution in [2.24, 2.45) is 0 Å². The van der Waals surface area contributed by atoms with E-state index >= 15 is 0 Å². The number of anilines is 2. The van der Waals surface area contributed by atoms with Crippen molar-refractivity contribution >= 4 is 29.3 Å². The summed E-state index contributed by atoms with van der Waals surface area (Å²) in [7, 11) is 1.62. The molecule has 2 aromatic carbocycles. The molecule has 164 valence electrons. The second-order valence-corrected chi connectivity index (χ2v) is 8.04. The number of carbonyl (C=O) groups is 2. The van der Waals surface area contributed by atoms with Crippen LogP contribution in [0.5, 0.6) is 0 Å². The number of nitrogens with zero attached hydrogens (tertiary/aromatic N) is 2. The highest BCUT2D eigenvalue weighted by molar-refractivity contribution is 5.98. The molecule has 0 aromatic heterocycles. The van der Waals surface area contributed by atoms with Gasteiger partial charge in [0.1, 0.15) is 0 Å². The molecule has 3 rings (SSSR count). The predicted molar refractivity (Wildman–Crippen MR) is 125 cm³/mol. The maximum absolute atomic E-state index is 12.3. The van der Waals surface area contributed by atoms with E-state index in [0.717, 1.165) is 37.6 Å². The van der Waals surface area contributed by atoms with E-state index in [-0.39, 0.29) is 18.4 Å². The van der Waals surface area contributed by atoms with E-state index in [2.05, 4.69) is 36.2 Å². The molecule has 2 aromatic rings. The van der Waals surface area contributed by atoms with Crippen LogP contribution in [0.4, 0.5) is 11.4 Å². The second kappa shape index (κ2) is 10.8. The number of amides is 2. The van der Waals surface area contributed by atoms with Crippen LogP contribution in [0.2, 0.25) is 0 Å². The van der Waals surface area contributed by atoms with Gasteiger partial charge < -0.3 is 19.9 Å². The molecule has 0 saturated carbocycles. The molecule has 1 fully saturated rings. The Hall–Kier alpha value is -3.12. The molecule has 1 aliphatic heterocycles. The van der Waals surface area contributed by atoms with E-state index in [1.165, 1.54) is 16.5 Å². The molecule has 0 bridgehead atoms. The lowest BCUT2D eigenvalue weighted by Gasteiger charge is -2.28. The maximum atomic E-state index is 12.3. The molecular weight excluding hydrogens is 390 g/mol. The standard InChI is InChI=1S/C25H31N3O3/c1-19(2)21-7-4-20(5-8-21)6-13-25(30)27(3)18-24(29)26-22-9-11-23(12-10-22)28-14-16-31-17-15-28/h4-13,19H,14-18H2,1-3H3,(H,26,29)/b13-6+. The predicted octanol–water partition coefficient (Wildman–Crippen LogP) is 3.76. The highest BCUT2D eigenvalue weighted by Gasteiger charge is 2.13. The molecular formula is C25H31N3O3. The van der Waals surface area contributed by atoms with Crippen molar-refractivity contribution in [2.75, 3.05) is 50.1 Å². The fourth-order valence-corrected chi connectivity index (χ4v) is 3.36. The lowest BCUT2D eigenvalue weighted by molar-refractivity contribution is -0.129. The van der Waals surface area contributed by atoms with Crippen molar-refractivity contribution in [3.8, 4) is 0 Å². The van der Waals surface area contributed by atoms with E-state index in [0.29, 0.717) is 11.6 Å². The molecule has 0 radical (unpaired) electrons. The maximum Gasteiger partial charge on any atom is 0.246 e. The van der Waals surface area contributed by atoms with Crippen molar-refractivity contribution in [3.05, 3.63) is 65.7 Å². The van der Waals surface area contributed by atoms with Gasteiger partial charge in [-0.05, 0) is 47.4 Å². The van der Waals surface area contributed by atoms with Crippen LogP contribution in [-0.2, 0) is 14.3 Å². The summed E-state index contributed by atoms with van der Waals surface area (Å²) < 4.78 is 5.37. The van der Waals surface area contributed by atoms with Crippen molar-refractivity contribution in [3.63, 3.8) is 0 Å². The molecule has 6 heteroatoms. The normalized spacial score (nSPS) is 14.1. The van der Waals surface area contributed by atoms with Crippen LogP contribution >= 0.6 is 0 Å². The highest BCUT2D eigenvalue weighted by Crippen LogP contribution is 2.19. The lowest BCUT2D eigenvalue weighted by atomic mass is 10.0. The Bertz CT molecular complexity index is 899. The third-order valence-corrected chi connectivity index (χ3v) is 5.31. The van der Waals surface area contributed by atoms with E-state index in [1.54, 1.807) is 13.1 Å². The number of nitrogens with one attached hydrogen (secondary N) is 1. The SMILES string of the molecule is CC(C)c1ccc(/C=C/C(=O)N(C)CC(=O)Nc2ccc(N3CCOCC3)cc2)cc1. The van der Waals surface area contributed by atoms with Crippen LogP contribution in [0.25, 0.3) is 6.08 Å². The Balaban J connectivity index is 1.48. The molecule has 1 heterocycles. The zero-order chi connectivity index (χ0) is 22.2. The zero-order valence-electron chi connectivity index (χ0n) is 18.5. The molecule has 0 atom stereocenters. The van der Waals surface area contributed by atoms with Crippen molar-refractivity contribution in [1.29, 1.82) is 0 Å². The van der Waals surface area contributed by atoms with Crippen LogP contribution in [-0.4, -0.2) is 56.6 Å². The summed E-state index contributed by atoms with van der Waals surface area (Å²) >= 11 is 0. The molecule has 0 aliphatic carbocycles. The Morgan fingerprint density at radius 2 is 1.71 bits per heavy atom. The topological polar surface area (TPSA) is 61.9 Å². The third kappa shape index (κ3) is 6.69. The first-order chi connectivity index (χ1) is 14.9. The minimum absolute atomic E-state index is 0.0132. The van der Waals surface area contributed by atoms with Gasteiger partial charge in [-0.2, -0.15) is 0 Å². The largest absolute Gasteiger partial charge is 0.378 e. The average Bonchev–Trinajstić information content (AvgIpc) is 2.78. The first-order valence-electron chi connectivity index (χ1n) is 10.7. The van der Waals surface area contributed by atoms with E-state index in [9.17, 15) is 9.59 Å². The van der Waals surface area contributed by atoms with Crippen molar-refractivity contribution in [2.45, 2.75) is 19.8 Å². The number of rotatable bonds is 7. The highest BCUT2D eigenvalue weighted by atomic mass is 16.5. The summed E-state index contributed by atoms with van der Waals surface area (Å²) in [5.74, 6) is 0.0234. The summed E-state index contributed by atoms with van der Waals surface area (Å²) in [4.78, 5) is 28.3. The summed E-state index contributed by atoms with van der Waals surface area (Å²) in [6.45, 7) is 7.48. The second-order valence-electron chi connectivity index (χ2n) is 8.04. The van der Waals surface area contributed by atoms with Gasteiger partial charge >= 0.3 is 0 Å². The molecule has 0 unspecified atom stereocenters. The fraction of sp³-hybridized carbons (Fsp3) is 0.360. The summed E-state index contributed by atoms with van der Waals surface area (Å²) in [6.07, 6.45) is 3.26. The average molecular weight is 422 g/mol. The molecule has 0 spiro atoms. The first-order valence-corrected chi connectivity index (χ1v) is 10.7. The summed E-state index contributed by atoms with van der Waals surface area (Å²) in [5.41, 5.74) is 4.04. The Morgan fingerprint density at radius 3 is 2.32 bits per heavy atom. The number of hydrogen-bond donors (Lipinski definition) is 1. The first kappa shape index (κ1) is 22.6. The van der Waals surface area contributed by atoms with E-state index in [4.69, 9.17) is 4.74 Å². The van der Waals surface area contributed by atoms with Crippen LogP contribution in [0, 0.1) is 0 Å². The van der Waals surface area contributed by atoms with Gasteiger partial charge in [0.2, 0.25) is 11.8 Å². The fourth-order valence-electron chi connectivity index (χ4n) is 3.36. The van der Waals surface area contributed by atoms with Gasteiger partial charge in [-0.15, -0.1) is 0 Å². The Morgan fingerprint density at radius 1 is 1.06 bits per heavy atom. The summed E-state index contributed by atoms with van der Waals surface area (Å²) in [6, 6.07) is 15.9. The summed E-state index contributed by atoms with van der Waals surface area (Å²) in [5, 5.41) is 2.85. The molecule has 31 heavy (non-hydrogen) atoms. The number of ether oxygens (including phenoxy) is 1. The molecule has 6 nitrogen and oxygen atoms in total. The van der Waals surface area contributed by atoms with Crippen molar-refractivity contribution < 1.29 is 14.3 Å². The number of likely N-dealkylation sites (N-methyl/N-ethyl adjacent to an activating group) is 1. The number of carbonyl (C=O) groups excluding carboxylic acids is 2. The monoisotopic (exact) mass is 421 g/mol. The minimum atomic E-state index is -0.232. The van der Waals surface area contributed by atoms with Crippen LogP contribution < -0.4 is 10.2 Å². The van der Waals surface area contributed by atoms with Gasteiger partial charge in [0, 0.05) is 37.6 Å². The molecule has 2 amide bonds. The van der Waals surface area contributed by atoms with Crippen LogP contribution in [0.1, 0.15) is 30.9 Å². The molecule has 1 saturated heterocycles. The Labute approximate surface area is 184 Å². The number of hydrogen-bond acceptors (Lipinski definition) is 4. The van der Waals surface area contributed by atoms with Gasteiger partial charge in [-0.1, -0.05) is 38.1 Å². The van der Waals surface area contributed by atoms with Gasteiger partial charge in [0.05, 0.1) is 19.8 Å². The smallest absolute Gasteiger partial charge is 0.246 e. The van der Waals surface area contributed by atoms with Gasteiger partial charge in [-0.25, -0.2) is 0 Å². The number of morpholine rings is 1.